The Hall–Kier alpha value is -1.32. The molecule has 3 nitrogen and oxygen atoms in total. The summed E-state index contributed by atoms with van der Waals surface area (Å²) in [5.74, 6) is 0.516. The molecule has 112 valence electrons. The number of rotatable bonds is 8. The first-order valence-electron chi connectivity index (χ1n) is 7.12. The molecule has 0 radical (unpaired) electrons. The van der Waals surface area contributed by atoms with E-state index in [0.717, 1.165) is 18.4 Å². The predicted molar refractivity (Wildman–Crippen MR) is 81.6 cm³/mol. The molecular formula is C17H26O3. The van der Waals surface area contributed by atoms with E-state index in [9.17, 15) is 10.2 Å². The monoisotopic (exact) mass is 278 g/mol. The van der Waals surface area contributed by atoms with Crippen LogP contribution < -0.4 is 0 Å². The van der Waals surface area contributed by atoms with Crippen molar-refractivity contribution < 1.29 is 14.9 Å². The Balaban J connectivity index is 2.59. The number of methoxy groups -OCH3 is 1. The van der Waals surface area contributed by atoms with Gasteiger partial charge in [-0.15, -0.1) is 6.58 Å². The molecule has 0 fully saturated rings. The third-order valence-electron chi connectivity index (χ3n) is 3.90. The van der Waals surface area contributed by atoms with Crippen molar-refractivity contribution in [1.82, 2.24) is 0 Å². The van der Waals surface area contributed by atoms with Crippen LogP contribution in [0.1, 0.15) is 38.4 Å². The van der Waals surface area contributed by atoms with E-state index in [-0.39, 0.29) is 29.8 Å². The molecule has 0 aliphatic rings. The summed E-state index contributed by atoms with van der Waals surface area (Å²) in [5.41, 5.74) is 0.964. The van der Waals surface area contributed by atoms with Gasteiger partial charge >= 0.3 is 0 Å². The topological polar surface area (TPSA) is 49.7 Å². The fourth-order valence-corrected chi connectivity index (χ4v) is 2.39. The first-order valence-corrected chi connectivity index (χ1v) is 7.12. The predicted octanol–water partition coefficient (Wildman–Crippen LogP) is 3.68. The summed E-state index contributed by atoms with van der Waals surface area (Å²) in [6.45, 7) is 7.73. The zero-order chi connectivity index (χ0) is 15.1. The minimum atomic E-state index is -0.380. The summed E-state index contributed by atoms with van der Waals surface area (Å²) in [6.07, 6.45) is 3.00. The minimum absolute atomic E-state index is 0.0595. The third kappa shape index (κ3) is 4.66. The molecule has 1 aromatic carbocycles. The largest absolute Gasteiger partial charge is 0.508 e. The average molecular weight is 278 g/mol. The van der Waals surface area contributed by atoms with Crippen molar-refractivity contribution in [2.24, 2.45) is 11.8 Å². The van der Waals surface area contributed by atoms with Crippen LogP contribution in [0.25, 0.3) is 0 Å². The second-order valence-corrected chi connectivity index (χ2v) is 5.46. The fraction of sp³-hybridized carbons (Fsp3) is 0.529. The van der Waals surface area contributed by atoms with Gasteiger partial charge in [-0.3, -0.25) is 0 Å². The molecule has 0 bridgehead atoms. The molecule has 0 saturated heterocycles. The number of aliphatic hydroxyl groups is 1. The van der Waals surface area contributed by atoms with Crippen LogP contribution in [0.15, 0.2) is 36.9 Å². The number of phenols is 1. The Kier molecular flexibility index (Phi) is 6.76. The molecule has 0 aliphatic carbocycles. The molecule has 0 aromatic heterocycles. The van der Waals surface area contributed by atoms with Crippen molar-refractivity contribution in [3.8, 4) is 5.75 Å². The van der Waals surface area contributed by atoms with E-state index in [1.165, 1.54) is 0 Å². The Bertz CT molecular complexity index is 416. The molecule has 0 saturated carbocycles. The van der Waals surface area contributed by atoms with Crippen LogP contribution >= 0.6 is 0 Å². The van der Waals surface area contributed by atoms with Crippen molar-refractivity contribution >= 4 is 0 Å². The van der Waals surface area contributed by atoms with E-state index in [2.05, 4.69) is 6.58 Å². The van der Waals surface area contributed by atoms with Crippen LogP contribution in [0.3, 0.4) is 0 Å². The van der Waals surface area contributed by atoms with Crippen LogP contribution in [0.4, 0.5) is 0 Å². The molecule has 2 N–H and O–H groups in total. The van der Waals surface area contributed by atoms with Crippen LogP contribution in [-0.2, 0) is 4.74 Å². The fourth-order valence-electron chi connectivity index (χ4n) is 2.39. The summed E-state index contributed by atoms with van der Waals surface area (Å²) >= 11 is 0. The standard InChI is InChI=1S/C17H26O3/c1-5-12(2)17(19)13(3)9-10-16(20-4)14-7-6-8-15(18)11-14/h5-8,11-13,16-19H,1,9-10H2,2-4H3/t12-,13-,16-,17-/m0/s1. The molecule has 1 aromatic rings. The normalized spacial score (nSPS) is 17.2. The highest BCUT2D eigenvalue weighted by molar-refractivity contribution is 5.28. The quantitative estimate of drug-likeness (QED) is 0.713. The van der Waals surface area contributed by atoms with Gasteiger partial charge in [0, 0.05) is 7.11 Å². The summed E-state index contributed by atoms with van der Waals surface area (Å²) in [7, 11) is 1.67. The van der Waals surface area contributed by atoms with Gasteiger partial charge in [-0.05, 0) is 42.4 Å². The molecule has 0 amide bonds. The van der Waals surface area contributed by atoms with E-state index in [0.29, 0.717) is 0 Å². The summed E-state index contributed by atoms with van der Waals surface area (Å²) in [6, 6.07) is 7.13. The third-order valence-corrected chi connectivity index (χ3v) is 3.90. The highest BCUT2D eigenvalue weighted by Crippen LogP contribution is 2.28. The van der Waals surface area contributed by atoms with E-state index in [1.54, 1.807) is 25.3 Å². The molecule has 1 rings (SSSR count). The second-order valence-electron chi connectivity index (χ2n) is 5.46. The number of benzene rings is 1. The van der Waals surface area contributed by atoms with Gasteiger partial charge in [0.2, 0.25) is 0 Å². The second kappa shape index (κ2) is 8.08. The molecule has 20 heavy (non-hydrogen) atoms. The summed E-state index contributed by atoms with van der Waals surface area (Å²) < 4.78 is 5.50. The number of ether oxygens (including phenoxy) is 1. The molecule has 0 unspecified atom stereocenters. The van der Waals surface area contributed by atoms with Gasteiger partial charge < -0.3 is 14.9 Å². The Labute approximate surface area is 121 Å². The van der Waals surface area contributed by atoms with E-state index in [4.69, 9.17) is 4.74 Å². The molecule has 0 aliphatic heterocycles. The van der Waals surface area contributed by atoms with Gasteiger partial charge in [-0.1, -0.05) is 32.1 Å². The van der Waals surface area contributed by atoms with Crippen molar-refractivity contribution in [3.63, 3.8) is 0 Å². The maximum atomic E-state index is 10.1. The van der Waals surface area contributed by atoms with Gasteiger partial charge in [-0.25, -0.2) is 0 Å². The number of hydrogen-bond donors (Lipinski definition) is 2. The van der Waals surface area contributed by atoms with Gasteiger partial charge in [-0.2, -0.15) is 0 Å². The van der Waals surface area contributed by atoms with Crippen molar-refractivity contribution in [3.05, 3.63) is 42.5 Å². The lowest BCUT2D eigenvalue weighted by atomic mass is 9.88. The van der Waals surface area contributed by atoms with Crippen LogP contribution in [-0.4, -0.2) is 23.4 Å². The minimum Gasteiger partial charge on any atom is -0.508 e. The number of aliphatic hydroxyl groups excluding tert-OH is 1. The maximum absolute atomic E-state index is 10.1. The summed E-state index contributed by atoms with van der Waals surface area (Å²) in [4.78, 5) is 0. The van der Waals surface area contributed by atoms with Crippen molar-refractivity contribution in [2.75, 3.05) is 7.11 Å². The molecule has 0 heterocycles. The lowest BCUT2D eigenvalue weighted by Gasteiger charge is -2.24. The van der Waals surface area contributed by atoms with Crippen molar-refractivity contribution in [2.45, 2.75) is 38.9 Å². The highest BCUT2D eigenvalue weighted by atomic mass is 16.5. The first kappa shape index (κ1) is 16.7. The molecule has 4 atom stereocenters. The maximum Gasteiger partial charge on any atom is 0.115 e. The summed E-state index contributed by atoms with van der Waals surface area (Å²) in [5, 5.41) is 19.7. The van der Waals surface area contributed by atoms with E-state index in [1.807, 2.05) is 26.0 Å². The molecular weight excluding hydrogens is 252 g/mol. The number of phenolic OH excluding ortho intramolecular Hbond substituents is 1. The van der Waals surface area contributed by atoms with Crippen molar-refractivity contribution in [1.29, 1.82) is 0 Å². The Morgan fingerprint density at radius 1 is 1.30 bits per heavy atom. The van der Waals surface area contributed by atoms with Gasteiger partial charge in [0.25, 0.3) is 0 Å². The van der Waals surface area contributed by atoms with Crippen LogP contribution in [0.2, 0.25) is 0 Å². The molecule has 0 spiro atoms. The lowest BCUT2D eigenvalue weighted by Crippen LogP contribution is -2.24. The van der Waals surface area contributed by atoms with E-state index < -0.39 is 0 Å². The smallest absolute Gasteiger partial charge is 0.115 e. The van der Waals surface area contributed by atoms with Crippen LogP contribution in [0, 0.1) is 11.8 Å². The lowest BCUT2D eigenvalue weighted by molar-refractivity contribution is 0.0539. The van der Waals surface area contributed by atoms with Crippen LogP contribution in [0.5, 0.6) is 5.75 Å². The number of aromatic hydroxyl groups is 1. The first-order chi connectivity index (χ1) is 9.49. The Morgan fingerprint density at radius 3 is 2.55 bits per heavy atom. The number of hydrogen-bond acceptors (Lipinski definition) is 3. The van der Waals surface area contributed by atoms with E-state index >= 15 is 0 Å². The highest BCUT2D eigenvalue weighted by Gasteiger charge is 2.21. The average Bonchev–Trinajstić information content (AvgIpc) is 2.46. The Morgan fingerprint density at radius 2 is 2.00 bits per heavy atom. The van der Waals surface area contributed by atoms with Gasteiger partial charge in [0.15, 0.2) is 0 Å². The molecule has 3 heteroatoms. The zero-order valence-electron chi connectivity index (χ0n) is 12.6. The van der Waals surface area contributed by atoms with Gasteiger partial charge in [0.1, 0.15) is 5.75 Å². The SMILES string of the molecule is C=C[C@H](C)[C@H](O)[C@@H](C)CC[C@H](OC)c1cccc(O)c1. The van der Waals surface area contributed by atoms with Gasteiger partial charge in [0.05, 0.1) is 12.2 Å². The zero-order valence-corrected chi connectivity index (χ0v) is 12.6.